The molecular weight excluding hydrogens is 218 g/mol. The fourth-order valence-corrected chi connectivity index (χ4v) is 2.06. The van der Waals surface area contributed by atoms with E-state index in [1.165, 1.54) is 16.7 Å². The van der Waals surface area contributed by atoms with Crippen LogP contribution in [0.3, 0.4) is 0 Å². The Morgan fingerprint density at radius 3 is 2.06 bits per heavy atom. The van der Waals surface area contributed by atoms with Crippen LogP contribution in [0.15, 0.2) is 18.2 Å². The average Bonchev–Trinajstić information content (AvgIpc) is 2.19. The zero-order valence-electron chi connectivity index (χ0n) is 13.1. The van der Waals surface area contributed by atoms with E-state index >= 15 is 0 Å². The van der Waals surface area contributed by atoms with Gasteiger partial charge in [-0.15, -0.1) is 0 Å². The molecule has 0 saturated carbocycles. The van der Waals surface area contributed by atoms with Gasteiger partial charge in [-0.05, 0) is 69.7 Å². The first-order chi connectivity index (χ1) is 8.12. The summed E-state index contributed by atoms with van der Waals surface area (Å²) < 4.78 is 0. The number of hydrogen-bond donors (Lipinski definition) is 1. The third-order valence-corrected chi connectivity index (χ3v) is 3.69. The number of nitrogens with one attached hydrogen (secondary N) is 1. The van der Waals surface area contributed by atoms with Crippen molar-refractivity contribution >= 4 is 0 Å². The number of rotatable bonds is 4. The van der Waals surface area contributed by atoms with Crippen molar-refractivity contribution < 1.29 is 0 Å². The molecule has 0 radical (unpaired) electrons. The second-order valence-electron chi connectivity index (χ2n) is 7.11. The van der Waals surface area contributed by atoms with Crippen LogP contribution in [-0.2, 0) is 5.41 Å². The molecule has 0 unspecified atom stereocenters. The SMILES string of the molecule is Cc1ccc(C(C)(C)CCNC(C)(C)C)cc1C. The molecule has 0 aliphatic carbocycles. The minimum atomic E-state index is 0.208. The molecule has 102 valence electrons. The molecule has 1 aromatic carbocycles. The van der Waals surface area contributed by atoms with Gasteiger partial charge in [0.15, 0.2) is 0 Å². The van der Waals surface area contributed by atoms with Crippen molar-refractivity contribution in [2.75, 3.05) is 6.54 Å². The molecule has 0 fully saturated rings. The lowest BCUT2D eigenvalue weighted by Crippen LogP contribution is -2.38. The lowest BCUT2D eigenvalue weighted by atomic mass is 9.80. The van der Waals surface area contributed by atoms with Gasteiger partial charge in [-0.2, -0.15) is 0 Å². The van der Waals surface area contributed by atoms with E-state index in [0.717, 1.165) is 13.0 Å². The molecular formula is C17H29N. The molecule has 0 amide bonds. The molecule has 0 aromatic heterocycles. The monoisotopic (exact) mass is 247 g/mol. The highest BCUT2D eigenvalue weighted by Gasteiger charge is 2.21. The van der Waals surface area contributed by atoms with E-state index in [4.69, 9.17) is 0 Å². The molecule has 0 heterocycles. The van der Waals surface area contributed by atoms with Crippen LogP contribution in [-0.4, -0.2) is 12.1 Å². The summed E-state index contributed by atoms with van der Waals surface area (Å²) in [7, 11) is 0. The van der Waals surface area contributed by atoms with Crippen LogP contribution < -0.4 is 5.32 Å². The van der Waals surface area contributed by atoms with Gasteiger partial charge in [-0.3, -0.25) is 0 Å². The van der Waals surface area contributed by atoms with E-state index in [9.17, 15) is 0 Å². The van der Waals surface area contributed by atoms with Crippen LogP contribution in [0.1, 0.15) is 57.7 Å². The summed E-state index contributed by atoms with van der Waals surface area (Å²) in [5.74, 6) is 0. The van der Waals surface area contributed by atoms with Gasteiger partial charge in [-0.1, -0.05) is 32.0 Å². The fraction of sp³-hybridized carbons (Fsp3) is 0.647. The van der Waals surface area contributed by atoms with Gasteiger partial charge in [0.2, 0.25) is 0 Å². The normalized spacial score (nSPS) is 12.8. The Labute approximate surface area is 113 Å². The van der Waals surface area contributed by atoms with Crippen molar-refractivity contribution in [3.63, 3.8) is 0 Å². The van der Waals surface area contributed by atoms with Crippen LogP contribution in [0, 0.1) is 13.8 Å². The zero-order valence-corrected chi connectivity index (χ0v) is 13.1. The van der Waals surface area contributed by atoms with E-state index in [2.05, 4.69) is 72.0 Å². The Morgan fingerprint density at radius 2 is 1.56 bits per heavy atom. The molecule has 18 heavy (non-hydrogen) atoms. The van der Waals surface area contributed by atoms with Crippen molar-refractivity contribution in [1.29, 1.82) is 0 Å². The first-order valence-electron chi connectivity index (χ1n) is 6.95. The number of benzene rings is 1. The Kier molecular flexibility index (Phi) is 4.61. The van der Waals surface area contributed by atoms with Crippen LogP contribution in [0.5, 0.6) is 0 Å². The highest BCUT2D eigenvalue weighted by molar-refractivity contribution is 5.33. The van der Waals surface area contributed by atoms with E-state index < -0.39 is 0 Å². The van der Waals surface area contributed by atoms with E-state index in [1.54, 1.807) is 0 Å². The van der Waals surface area contributed by atoms with Crippen LogP contribution in [0.4, 0.5) is 0 Å². The summed E-state index contributed by atoms with van der Waals surface area (Å²) in [5.41, 5.74) is 4.66. The molecule has 1 aromatic rings. The Balaban J connectivity index is 2.70. The smallest absolute Gasteiger partial charge is 0.00965 e. The van der Waals surface area contributed by atoms with Crippen LogP contribution in [0.25, 0.3) is 0 Å². The highest BCUT2D eigenvalue weighted by atomic mass is 14.9. The number of hydrogen-bond acceptors (Lipinski definition) is 1. The molecule has 0 saturated heterocycles. The quantitative estimate of drug-likeness (QED) is 0.833. The van der Waals surface area contributed by atoms with Gasteiger partial charge in [0.05, 0.1) is 0 Å². The summed E-state index contributed by atoms with van der Waals surface area (Å²) >= 11 is 0. The summed E-state index contributed by atoms with van der Waals surface area (Å²) in [5, 5.41) is 3.57. The maximum atomic E-state index is 3.57. The predicted octanol–water partition coefficient (Wildman–Crippen LogP) is 4.36. The Bertz CT molecular complexity index is 397. The molecule has 1 nitrogen and oxygen atoms in total. The van der Waals surface area contributed by atoms with Crippen molar-refractivity contribution in [1.82, 2.24) is 5.32 Å². The predicted molar refractivity (Wildman–Crippen MR) is 81.3 cm³/mol. The molecule has 1 rings (SSSR count). The molecule has 0 aliphatic heterocycles. The molecule has 1 N–H and O–H groups in total. The van der Waals surface area contributed by atoms with Crippen LogP contribution >= 0.6 is 0 Å². The molecule has 0 spiro atoms. The lowest BCUT2D eigenvalue weighted by molar-refractivity contribution is 0.379. The summed E-state index contributed by atoms with van der Waals surface area (Å²) in [6.45, 7) is 16.8. The van der Waals surface area contributed by atoms with E-state index in [1.807, 2.05) is 0 Å². The van der Waals surface area contributed by atoms with Crippen LogP contribution in [0.2, 0.25) is 0 Å². The minimum absolute atomic E-state index is 0.208. The molecule has 0 bridgehead atoms. The molecule has 0 aliphatic rings. The zero-order chi connectivity index (χ0) is 14.0. The van der Waals surface area contributed by atoms with Gasteiger partial charge in [-0.25, -0.2) is 0 Å². The van der Waals surface area contributed by atoms with E-state index in [-0.39, 0.29) is 11.0 Å². The van der Waals surface area contributed by atoms with Gasteiger partial charge in [0.1, 0.15) is 0 Å². The lowest BCUT2D eigenvalue weighted by Gasteiger charge is -2.29. The van der Waals surface area contributed by atoms with Crippen molar-refractivity contribution in [2.45, 2.75) is 65.8 Å². The third kappa shape index (κ3) is 4.45. The summed E-state index contributed by atoms with van der Waals surface area (Å²) in [4.78, 5) is 0. The Hall–Kier alpha value is -0.820. The average molecular weight is 247 g/mol. The Morgan fingerprint density at radius 1 is 0.944 bits per heavy atom. The maximum absolute atomic E-state index is 3.57. The van der Waals surface area contributed by atoms with Gasteiger partial charge >= 0.3 is 0 Å². The molecule has 1 heteroatoms. The first-order valence-corrected chi connectivity index (χ1v) is 6.95. The van der Waals surface area contributed by atoms with E-state index in [0.29, 0.717) is 0 Å². The van der Waals surface area contributed by atoms with Crippen molar-refractivity contribution in [2.24, 2.45) is 0 Å². The van der Waals surface area contributed by atoms with Gasteiger partial charge in [0, 0.05) is 5.54 Å². The first kappa shape index (κ1) is 15.2. The molecule has 0 atom stereocenters. The van der Waals surface area contributed by atoms with Crippen molar-refractivity contribution in [3.05, 3.63) is 34.9 Å². The topological polar surface area (TPSA) is 12.0 Å². The van der Waals surface area contributed by atoms with Crippen molar-refractivity contribution in [3.8, 4) is 0 Å². The second-order valence-corrected chi connectivity index (χ2v) is 7.11. The van der Waals surface area contributed by atoms with Gasteiger partial charge in [0.25, 0.3) is 0 Å². The van der Waals surface area contributed by atoms with Gasteiger partial charge < -0.3 is 5.32 Å². The summed E-state index contributed by atoms with van der Waals surface area (Å²) in [6, 6.07) is 6.86. The standard InChI is InChI=1S/C17H29N/c1-13-8-9-15(12-14(13)2)17(6,7)10-11-18-16(3,4)5/h8-9,12,18H,10-11H2,1-7H3. The third-order valence-electron chi connectivity index (χ3n) is 3.69. The maximum Gasteiger partial charge on any atom is 0.00965 e. The summed E-state index contributed by atoms with van der Waals surface area (Å²) in [6.07, 6.45) is 1.16. The minimum Gasteiger partial charge on any atom is -0.312 e. The second kappa shape index (κ2) is 5.44. The number of aryl methyl sites for hydroxylation is 2. The highest BCUT2D eigenvalue weighted by Crippen LogP contribution is 2.28. The fourth-order valence-electron chi connectivity index (χ4n) is 2.06. The largest absolute Gasteiger partial charge is 0.312 e.